The van der Waals surface area contributed by atoms with Crippen LogP contribution in [0.1, 0.15) is 13.3 Å². The number of hydrogen-bond donors (Lipinski definition) is 0. The minimum Gasteiger partial charge on any atom is -0.430 e. The van der Waals surface area contributed by atoms with Gasteiger partial charge in [-0.05, 0) is 12.0 Å². The first-order valence-electron chi connectivity index (χ1n) is 3.25. The number of ether oxygens (including phenoxy) is 2. The minimum absolute atomic E-state index is 0.211. The molecular formula is C7H10O3. The molecule has 0 aliphatic carbocycles. The van der Waals surface area contributed by atoms with E-state index in [4.69, 9.17) is 4.74 Å². The van der Waals surface area contributed by atoms with Crippen LogP contribution in [0.2, 0.25) is 0 Å². The highest BCUT2D eigenvalue weighted by atomic mass is 16.8. The van der Waals surface area contributed by atoms with Gasteiger partial charge in [-0.1, -0.05) is 13.5 Å². The van der Waals surface area contributed by atoms with Gasteiger partial charge >= 0.3 is 6.16 Å². The van der Waals surface area contributed by atoms with Crippen LogP contribution in [0.15, 0.2) is 12.2 Å². The van der Waals surface area contributed by atoms with Crippen LogP contribution in [-0.2, 0) is 9.47 Å². The molecule has 1 atom stereocenters. The SMILES string of the molecule is C=C(CC)C1COC(=O)O1. The molecule has 0 aromatic carbocycles. The maximum Gasteiger partial charge on any atom is 0.509 e. The van der Waals surface area contributed by atoms with Crippen LogP contribution in [0, 0.1) is 0 Å². The molecule has 1 aliphatic heterocycles. The number of carbonyl (C=O) groups excluding carboxylic acids is 1. The van der Waals surface area contributed by atoms with Gasteiger partial charge in [0, 0.05) is 0 Å². The lowest BCUT2D eigenvalue weighted by Crippen LogP contribution is -2.11. The summed E-state index contributed by atoms with van der Waals surface area (Å²) in [5.74, 6) is 0. The monoisotopic (exact) mass is 142 g/mol. The molecule has 0 aromatic rings. The fourth-order valence-electron chi connectivity index (χ4n) is 0.757. The first kappa shape index (κ1) is 7.12. The second kappa shape index (κ2) is 2.73. The highest BCUT2D eigenvalue weighted by Crippen LogP contribution is 2.15. The summed E-state index contributed by atoms with van der Waals surface area (Å²) in [6.45, 7) is 6.02. The van der Waals surface area contributed by atoms with Crippen molar-refractivity contribution >= 4 is 6.16 Å². The molecule has 0 bridgehead atoms. The quantitative estimate of drug-likeness (QED) is 0.433. The van der Waals surface area contributed by atoms with E-state index in [1.54, 1.807) is 0 Å². The lowest BCUT2D eigenvalue weighted by atomic mass is 10.1. The Bertz CT molecular complexity index is 162. The zero-order valence-corrected chi connectivity index (χ0v) is 5.92. The molecule has 1 heterocycles. The first-order valence-corrected chi connectivity index (χ1v) is 3.25. The van der Waals surface area contributed by atoms with Gasteiger partial charge in [0.05, 0.1) is 0 Å². The normalized spacial score (nSPS) is 23.7. The van der Waals surface area contributed by atoms with Crippen LogP contribution in [0.4, 0.5) is 4.79 Å². The molecule has 1 rings (SSSR count). The molecule has 0 saturated carbocycles. The van der Waals surface area contributed by atoms with Crippen molar-refractivity contribution in [3.8, 4) is 0 Å². The van der Waals surface area contributed by atoms with Crippen LogP contribution in [-0.4, -0.2) is 18.9 Å². The van der Waals surface area contributed by atoms with Crippen LogP contribution in [0.25, 0.3) is 0 Å². The van der Waals surface area contributed by atoms with Gasteiger partial charge in [0.2, 0.25) is 0 Å². The molecule has 1 aliphatic rings. The average Bonchev–Trinajstić information content (AvgIpc) is 2.34. The molecule has 0 N–H and O–H groups in total. The summed E-state index contributed by atoms with van der Waals surface area (Å²) in [4.78, 5) is 10.4. The van der Waals surface area contributed by atoms with Crippen molar-refractivity contribution in [3.63, 3.8) is 0 Å². The maximum atomic E-state index is 10.4. The molecule has 0 aromatic heterocycles. The molecule has 1 unspecified atom stereocenters. The predicted molar refractivity (Wildman–Crippen MR) is 35.7 cm³/mol. The molecule has 0 spiro atoms. The van der Waals surface area contributed by atoms with E-state index in [2.05, 4.69) is 11.3 Å². The van der Waals surface area contributed by atoms with Gasteiger partial charge in [-0.2, -0.15) is 0 Å². The number of cyclic esters (lactones) is 2. The number of hydrogen-bond acceptors (Lipinski definition) is 3. The molecule has 1 fully saturated rings. The summed E-state index contributed by atoms with van der Waals surface area (Å²) < 4.78 is 9.32. The van der Waals surface area contributed by atoms with E-state index in [0.29, 0.717) is 6.61 Å². The summed E-state index contributed by atoms with van der Waals surface area (Å²) in [7, 11) is 0. The summed E-state index contributed by atoms with van der Waals surface area (Å²) in [5, 5.41) is 0. The second-order valence-electron chi connectivity index (χ2n) is 2.18. The van der Waals surface area contributed by atoms with Crippen LogP contribution < -0.4 is 0 Å². The highest BCUT2D eigenvalue weighted by Gasteiger charge is 2.25. The van der Waals surface area contributed by atoms with Crippen molar-refractivity contribution in [2.75, 3.05) is 6.61 Å². The van der Waals surface area contributed by atoms with E-state index >= 15 is 0 Å². The largest absolute Gasteiger partial charge is 0.509 e. The highest BCUT2D eigenvalue weighted by molar-refractivity contribution is 5.62. The summed E-state index contributed by atoms with van der Waals surface area (Å²) in [6.07, 6.45) is 0.0264. The zero-order chi connectivity index (χ0) is 7.56. The first-order chi connectivity index (χ1) is 4.74. The van der Waals surface area contributed by atoms with E-state index in [0.717, 1.165) is 12.0 Å². The lowest BCUT2D eigenvalue weighted by Gasteiger charge is -2.05. The van der Waals surface area contributed by atoms with E-state index in [1.807, 2.05) is 6.92 Å². The number of rotatable bonds is 2. The predicted octanol–water partition coefficient (Wildman–Crippen LogP) is 1.49. The van der Waals surface area contributed by atoms with Gasteiger partial charge in [-0.25, -0.2) is 4.79 Å². The Labute approximate surface area is 59.6 Å². The van der Waals surface area contributed by atoms with Gasteiger partial charge in [0.15, 0.2) is 6.10 Å². The van der Waals surface area contributed by atoms with Gasteiger partial charge in [0.1, 0.15) is 6.61 Å². The third kappa shape index (κ3) is 1.29. The molecule has 3 heteroatoms. The lowest BCUT2D eigenvalue weighted by molar-refractivity contribution is 0.123. The van der Waals surface area contributed by atoms with Crippen LogP contribution in [0.3, 0.4) is 0 Å². The van der Waals surface area contributed by atoms with E-state index < -0.39 is 6.16 Å². The van der Waals surface area contributed by atoms with Crippen molar-refractivity contribution in [2.45, 2.75) is 19.4 Å². The third-order valence-corrected chi connectivity index (χ3v) is 1.50. The topological polar surface area (TPSA) is 35.5 Å². The van der Waals surface area contributed by atoms with Crippen molar-refractivity contribution < 1.29 is 14.3 Å². The summed E-state index contributed by atoms with van der Waals surface area (Å²) >= 11 is 0. The Hall–Kier alpha value is -0.990. The molecular weight excluding hydrogens is 132 g/mol. The van der Waals surface area contributed by atoms with Gasteiger partial charge in [-0.3, -0.25) is 0 Å². The minimum atomic E-state index is -0.584. The summed E-state index contributed by atoms with van der Waals surface area (Å²) in [6, 6.07) is 0. The smallest absolute Gasteiger partial charge is 0.430 e. The fourth-order valence-corrected chi connectivity index (χ4v) is 0.757. The zero-order valence-electron chi connectivity index (χ0n) is 5.92. The molecule has 0 radical (unpaired) electrons. The summed E-state index contributed by atoms with van der Waals surface area (Å²) in [5.41, 5.74) is 0.908. The van der Waals surface area contributed by atoms with E-state index in [-0.39, 0.29) is 6.10 Å². The Morgan fingerprint density at radius 1 is 1.90 bits per heavy atom. The standard InChI is InChI=1S/C7H10O3/c1-3-5(2)6-4-9-7(8)10-6/h6H,2-4H2,1H3. The van der Waals surface area contributed by atoms with Crippen molar-refractivity contribution in [1.82, 2.24) is 0 Å². The van der Waals surface area contributed by atoms with E-state index in [9.17, 15) is 4.79 Å². The Kier molecular flexibility index (Phi) is 1.94. The van der Waals surface area contributed by atoms with E-state index in [1.165, 1.54) is 0 Å². The molecule has 1 saturated heterocycles. The Balaban J connectivity index is 2.44. The number of carbonyl (C=O) groups is 1. The maximum absolute atomic E-state index is 10.4. The van der Waals surface area contributed by atoms with Crippen LogP contribution in [0.5, 0.6) is 0 Å². The van der Waals surface area contributed by atoms with Crippen LogP contribution >= 0.6 is 0 Å². The van der Waals surface area contributed by atoms with Crippen molar-refractivity contribution in [1.29, 1.82) is 0 Å². The molecule has 3 nitrogen and oxygen atoms in total. The molecule has 10 heavy (non-hydrogen) atoms. The third-order valence-electron chi connectivity index (χ3n) is 1.50. The second-order valence-corrected chi connectivity index (χ2v) is 2.18. The average molecular weight is 142 g/mol. The van der Waals surface area contributed by atoms with Crippen molar-refractivity contribution in [3.05, 3.63) is 12.2 Å². The van der Waals surface area contributed by atoms with Gasteiger partial charge in [-0.15, -0.1) is 0 Å². The fraction of sp³-hybridized carbons (Fsp3) is 0.571. The Morgan fingerprint density at radius 2 is 2.60 bits per heavy atom. The van der Waals surface area contributed by atoms with Crippen molar-refractivity contribution in [2.24, 2.45) is 0 Å². The van der Waals surface area contributed by atoms with Gasteiger partial charge < -0.3 is 9.47 Å². The molecule has 56 valence electrons. The Morgan fingerprint density at radius 3 is 3.00 bits per heavy atom. The molecule has 0 amide bonds. The van der Waals surface area contributed by atoms with Gasteiger partial charge in [0.25, 0.3) is 0 Å².